The first-order valence-corrected chi connectivity index (χ1v) is 16.8. The first-order chi connectivity index (χ1) is 23.6. The topological polar surface area (TPSA) is 106 Å². The number of pyridine rings is 1. The van der Waals surface area contributed by atoms with Crippen LogP contribution in [0.3, 0.4) is 0 Å². The number of fused-ring (bicyclic) bond motifs is 1. The molecule has 3 atom stereocenters. The number of nitrogens with one attached hydrogen (secondary N) is 1. The summed E-state index contributed by atoms with van der Waals surface area (Å²) < 4.78 is 13.2. The Morgan fingerprint density at radius 3 is 2.40 bits per heavy atom. The molecular formula is C39H34N4O4S. The SMILES string of the molecule is O=C(NCc1cccc(-c2cccc(C3OC(CSc4ccccn4)CC(c4ccc(CO)cc4)O3)c2)c1)c1cnc2ccccc2n1. The van der Waals surface area contributed by atoms with Crippen LogP contribution in [0.4, 0.5) is 0 Å². The third kappa shape index (κ3) is 7.61. The molecule has 1 aliphatic heterocycles. The molecular weight excluding hydrogens is 621 g/mol. The van der Waals surface area contributed by atoms with Crippen molar-refractivity contribution in [1.29, 1.82) is 0 Å². The maximum absolute atomic E-state index is 12.9. The van der Waals surface area contributed by atoms with Crippen LogP contribution in [0.25, 0.3) is 22.2 Å². The van der Waals surface area contributed by atoms with Gasteiger partial charge in [-0.25, -0.2) is 9.97 Å². The molecule has 0 radical (unpaired) electrons. The zero-order valence-electron chi connectivity index (χ0n) is 26.1. The van der Waals surface area contributed by atoms with Crippen molar-refractivity contribution >= 4 is 28.7 Å². The fourth-order valence-corrected chi connectivity index (χ4v) is 6.58. The van der Waals surface area contributed by atoms with E-state index in [1.807, 2.05) is 91.0 Å². The van der Waals surface area contributed by atoms with Gasteiger partial charge in [0.05, 0.1) is 41.1 Å². The summed E-state index contributed by atoms with van der Waals surface area (Å²) in [5, 5.41) is 13.5. The lowest BCUT2D eigenvalue weighted by Gasteiger charge is -2.36. The Labute approximate surface area is 283 Å². The van der Waals surface area contributed by atoms with E-state index in [9.17, 15) is 9.90 Å². The van der Waals surface area contributed by atoms with Crippen molar-refractivity contribution in [1.82, 2.24) is 20.3 Å². The average Bonchev–Trinajstić information content (AvgIpc) is 3.16. The normalized spacial score (nSPS) is 17.6. The monoisotopic (exact) mass is 654 g/mol. The Morgan fingerprint density at radius 2 is 1.58 bits per heavy atom. The van der Waals surface area contributed by atoms with E-state index in [4.69, 9.17) is 9.47 Å². The quantitative estimate of drug-likeness (QED) is 0.147. The number of nitrogens with zero attached hydrogens (tertiary/aromatic N) is 3. The summed E-state index contributed by atoms with van der Waals surface area (Å²) in [6.45, 7) is 0.350. The molecule has 8 nitrogen and oxygen atoms in total. The molecule has 2 aromatic heterocycles. The predicted octanol–water partition coefficient (Wildman–Crippen LogP) is 7.45. The number of amides is 1. The lowest BCUT2D eigenvalue weighted by Crippen LogP contribution is -2.31. The van der Waals surface area contributed by atoms with Gasteiger partial charge < -0.3 is 19.9 Å². The fourth-order valence-electron chi connectivity index (χ4n) is 5.70. The van der Waals surface area contributed by atoms with Gasteiger partial charge in [0.25, 0.3) is 5.91 Å². The molecule has 240 valence electrons. The molecule has 2 N–H and O–H groups in total. The van der Waals surface area contributed by atoms with Gasteiger partial charge in [0.15, 0.2) is 6.29 Å². The number of aromatic nitrogens is 3. The first kappa shape index (κ1) is 31.7. The Bertz CT molecular complexity index is 2010. The lowest BCUT2D eigenvalue weighted by atomic mass is 9.99. The number of thioether (sulfide) groups is 1. The number of aliphatic hydroxyl groups excluding tert-OH is 1. The molecule has 6 aromatic rings. The summed E-state index contributed by atoms with van der Waals surface area (Å²) in [7, 11) is 0. The zero-order valence-corrected chi connectivity index (χ0v) is 26.9. The molecule has 0 bridgehead atoms. The molecule has 7 rings (SSSR count). The number of carbonyl (C=O) groups is 1. The second-order valence-corrected chi connectivity index (χ2v) is 12.6. The number of ether oxygens (including phenoxy) is 2. The molecule has 1 fully saturated rings. The standard InChI is InChI=1S/C39H34N4O4S/c44-24-26-14-16-28(17-15-26)36-21-32(25-48-37-13-3-4-18-40-37)46-39(47-36)31-10-6-9-30(20-31)29-8-5-7-27(19-29)22-42-38(45)35-23-41-33-11-1-2-12-34(33)43-35/h1-20,23,32,36,39,44H,21-22,24-25H2,(H,42,45). The van der Waals surface area contributed by atoms with Crippen LogP contribution in [0.15, 0.2) is 133 Å². The van der Waals surface area contributed by atoms with Crippen LogP contribution in [-0.4, -0.2) is 37.8 Å². The summed E-state index contributed by atoms with van der Waals surface area (Å²) in [4.78, 5) is 26.2. The molecule has 1 amide bonds. The van der Waals surface area contributed by atoms with Crippen LogP contribution in [0.5, 0.6) is 0 Å². The van der Waals surface area contributed by atoms with Gasteiger partial charge in [0.2, 0.25) is 0 Å². The zero-order chi connectivity index (χ0) is 32.7. The predicted molar refractivity (Wildman–Crippen MR) is 186 cm³/mol. The minimum Gasteiger partial charge on any atom is -0.392 e. The van der Waals surface area contributed by atoms with E-state index in [0.29, 0.717) is 18.5 Å². The molecule has 1 saturated heterocycles. The summed E-state index contributed by atoms with van der Waals surface area (Å²) in [5.74, 6) is 0.462. The van der Waals surface area contributed by atoms with E-state index >= 15 is 0 Å². The highest BCUT2D eigenvalue weighted by Gasteiger charge is 2.32. The van der Waals surface area contributed by atoms with Crippen LogP contribution in [0.2, 0.25) is 0 Å². The van der Waals surface area contributed by atoms with E-state index in [2.05, 4.69) is 44.5 Å². The Kier molecular flexibility index (Phi) is 9.81. The maximum Gasteiger partial charge on any atom is 0.271 e. The van der Waals surface area contributed by atoms with Gasteiger partial charge in [-0.3, -0.25) is 9.78 Å². The smallest absolute Gasteiger partial charge is 0.271 e. The van der Waals surface area contributed by atoms with Crippen molar-refractivity contribution in [2.75, 3.05) is 5.75 Å². The lowest BCUT2D eigenvalue weighted by molar-refractivity contribution is -0.245. The van der Waals surface area contributed by atoms with Gasteiger partial charge in [-0.2, -0.15) is 0 Å². The van der Waals surface area contributed by atoms with Crippen molar-refractivity contribution in [3.05, 3.63) is 156 Å². The van der Waals surface area contributed by atoms with Crippen LogP contribution in [0, 0.1) is 0 Å². The minimum absolute atomic E-state index is 0.000378. The summed E-state index contributed by atoms with van der Waals surface area (Å²) in [6.07, 6.45) is 3.20. The van der Waals surface area contributed by atoms with Crippen LogP contribution >= 0.6 is 11.8 Å². The molecule has 1 aliphatic rings. The van der Waals surface area contributed by atoms with Gasteiger partial charge in [0.1, 0.15) is 5.69 Å². The number of hydrogen-bond donors (Lipinski definition) is 2. The highest BCUT2D eigenvalue weighted by atomic mass is 32.2. The molecule has 48 heavy (non-hydrogen) atoms. The van der Waals surface area contributed by atoms with E-state index in [-0.39, 0.29) is 30.4 Å². The molecule has 3 unspecified atom stereocenters. The maximum atomic E-state index is 12.9. The number of rotatable bonds is 10. The largest absolute Gasteiger partial charge is 0.392 e. The molecule has 4 aromatic carbocycles. The molecule has 9 heteroatoms. The van der Waals surface area contributed by atoms with Gasteiger partial charge in [-0.1, -0.05) is 78.9 Å². The third-order valence-electron chi connectivity index (χ3n) is 8.22. The molecule has 0 aliphatic carbocycles. The van der Waals surface area contributed by atoms with Crippen LogP contribution < -0.4 is 5.32 Å². The van der Waals surface area contributed by atoms with Gasteiger partial charge >= 0.3 is 0 Å². The van der Waals surface area contributed by atoms with Crippen molar-refractivity contribution in [2.24, 2.45) is 0 Å². The molecule has 3 heterocycles. The first-order valence-electron chi connectivity index (χ1n) is 15.8. The van der Waals surface area contributed by atoms with Crippen molar-refractivity contribution in [3.8, 4) is 11.1 Å². The van der Waals surface area contributed by atoms with E-state index in [1.165, 1.54) is 6.20 Å². The fraction of sp³-hybridized carbons (Fsp3) is 0.179. The second kappa shape index (κ2) is 14.9. The summed E-state index contributed by atoms with van der Waals surface area (Å²) in [6, 6.07) is 37.6. The van der Waals surface area contributed by atoms with Gasteiger partial charge in [-0.15, -0.1) is 11.8 Å². The third-order valence-corrected chi connectivity index (χ3v) is 9.30. The van der Waals surface area contributed by atoms with Gasteiger partial charge in [-0.05, 0) is 64.2 Å². The number of aliphatic hydroxyl groups is 1. The number of carbonyl (C=O) groups excluding carboxylic acids is 1. The van der Waals surface area contributed by atoms with Crippen molar-refractivity contribution < 1.29 is 19.4 Å². The average molecular weight is 655 g/mol. The Balaban J connectivity index is 1.07. The highest BCUT2D eigenvalue weighted by molar-refractivity contribution is 7.99. The van der Waals surface area contributed by atoms with Crippen molar-refractivity contribution in [2.45, 2.75) is 43.1 Å². The highest BCUT2D eigenvalue weighted by Crippen LogP contribution is 2.40. The number of para-hydroxylation sites is 2. The minimum atomic E-state index is -0.568. The van der Waals surface area contributed by atoms with Crippen LogP contribution in [-0.2, 0) is 22.6 Å². The molecule has 0 spiro atoms. The van der Waals surface area contributed by atoms with Crippen molar-refractivity contribution in [3.63, 3.8) is 0 Å². The number of benzene rings is 4. The second-order valence-electron chi connectivity index (χ2n) is 11.6. The van der Waals surface area contributed by atoms with Crippen LogP contribution in [0.1, 0.15) is 51.6 Å². The van der Waals surface area contributed by atoms with E-state index in [1.54, 1.807) is 18.0 Å². The van der Waals surface area contributed by atoms with Gasteiger partial charge in [0, 0.05) is 30.5 Å². The number of hydrogen-bond acceptors (Lipinski definition) is 8. The Hall–Kier alpha value is -4.93. The van der Waals surface area contributed by atoms with E-state index in [0.717, 1.165) is 49.7 Å². The summed E-state index contributed by atoms with van der Waals surface area (Å²) >= 11 is 1.67. The molecule has 0 saturated carbocycles. The van der Waals surface area contributed by atoms with E-state index < -0.39 is 6.29 Å². The summed E-state index contributed by atoms with van der Waals surface area (Å²) in [5.41, 5.74) is 7.54. The Morgan fingerprint density at radius 1 is 0.792 bits per heavy atom.